The van der Waals surface area contributed by atoms with Crippen molar-refractivity contribution in [2.75, 3.05) is 51.8 Å². The molecule has 1 amide bonds. The van der Waals surface area contributed by atoms with Crippen molar-refractivity contribution in [3.8, 4) is 0 Å². The van der Waals surface area contributed by atoms with Crippen LogP contribution in [0.1, 0.15) is 40.2 Å². The van der Waals surface area contributed by atoms with Crippen molar-refractivity contribution < 1.29 is 14.3 Å². The van der Waals surface area contributed by atoms with E-state index in [1.165, 1.54) is 5.56 Å². The van der Waals surface area contributed by atoms with Gasteiger partial charge in [-0.05, 0) is 50.8 Å². The van der Waals surface area contributed by atoms with Gasteiger partial charge in [0.2, 0.25) is 0 Å². The molecule has 1 aromatic rings. The SMILES string of the molecule is CN=C(NCCc1ccc(NC(=O)OC(C)(C)C)cc1)NCC(C(C)C)N1CCOCC1.I. The topological polar surface area (TPSA) is 87.2 Å². The molecule has 0 aliphatic carbocycles. The van der Waals surface area contributed by atoms with E-state index in [0.29, 0.717) is 12.0 Å². The van der Waals surface area contributed by atoms with E-state index in [1.807, 2.05) is 45.0 Å². The Bertz CT molecular complexity index is 729. The number of aliphatic imine (C=N–C) groups is 1. The molecule has 0 bridgehead atoms. The quantitative estimate of drug-likeness (QED) is 0.249. The third kappa shape index (κ3) is 11.4. The standard InChI is InChI=1S/C24H41N5O3.HI/c1-18(2)21(29-13-15-31-16-14-29)17-27-22(25-6)26-12-11-19-7-9-20(10-8-19)28-23(30)32-24(3,4)5;/h7-10,18,21H,11-17H2,1-6H3,(H,28,30)(H2,25,26,27);1H. The van der Waals surface area contributed by atoms with Gasteiger partial charge in [-0.3, -0.25) is 15.2 Å². The van der Waals surface area contributed by atoms with Crippen LogP contribution in [0.25, 0.3) is 0 Å². The highest BCUT2D eigenvalue weighted by Gasteiger charge is 2.23. The molecule has 1 unspecified atom stereocenters. The normalized spacial score (nSPS) is 16.0. The van der Waals surface area contributed by atoms with Crippen molar-refractivity contribution in [2.24, 2.45) is 10.9 Å². The van der Waals surface area contributed by atoms with Crippen molar-refractivity contribution in [2.45, 2.75) is 52.7 Å². The van der Waals surface area contributed by atoms with Crippen LogP contribution in [0, 0.1) is 5.92 Å². The number of hydrogen-bond donors (Lipinski definition) is 3. The average molecular weight is 576 g/mol. The summed E-state index contributed by atoms with van der Waals surface area (Å²) in [6.07, 6.45) is 0.406. The van der Waals surface area contributed by atoms with E-state index in [4.69, 9.17) is 9.47 Å². The lowest BCUT2D eigenvalue weighted by Gasteiger charge is -2.37. The van der Waals surface area contributed by atoms with E-state index < -0.39 is 11.7 Å². The minimum Gasteiger partial charge on any atom is -0.444 e. The summed E-state index contributed by atoms with van der Waals surface area (Å²) < 4.78 is 10.8. The van der Waals surface area contributed by atoms with E-state index in [2.05, 4.69) is 39.7 Å². The Morgan fingerprint density at radius 1 is 1.15 bits per heavy atom. The van der Waals surface area contributed by atoms with Gasteiger partial charge >= 0.3 is 6.09 Å². The van der Waals surface area contributed by atoms with Crippen LogP contribution >= 0.6 is 24.0 Å². The molecule has 0 radical (unpaired) electrons. The molecule has 1 saturated heterocycles. The number of benzene rings is 1. The third-order valence-electron chi connectivity index (χ3n) is 5.29. The minimum atomic E-state index is -0.514. The van der Waals surface area contributed by atoms with Crippen LogP contribution < -0.4 is 16.0 Å². The predicted molar refractivity (Wildman–Crippen MR) is 146 cm³/mol. The van der Waals surface area contributed by atoms with Crippen molar-refractivity contribution in [1.29, 1.82) is 0 Å². The number of rotatable bonds is 8. The fraction of sp³-hybridized carbons (Fsp3) is 0.667. The summed E-state index contributed by atoms with van der Waals surface area (Å²) in [7, 11) is 1.80. The van der Waals surface area contributed by atoms with Gasteiger partial charge in [0.05, 0.1) is 13.2 Å². The summed E-state index contributed by atoms with van der Waals surface area (Å²) in [5, 5.41) is 9.63. The summed E-state index contributed by atoms with van der Waals surface area (Å²) >= 11 is 0. The number of ether oxygens (including phenoxy) is 2. The highest BCUT2D eigenvalue weighted by atomic mass is 127. The number of hydrogen-bond acceptors (Lipinski definition) is 5. The van der Waals surface area contributed by atoms with Crippen LogP contribution in [0.2, 0.25) is 0 Å². The molecule has 1 heterocycles. The highest BCUT2D eigenvalue weighted by Crippen LogP contribution is 2.14. The second kappa shape index (κ2) is 14.6. The molecule has 1 aliphatic heterocycles. The summed E-state index contributed by atoms with van der Waals surface area (Å²) in [6, 6.07) is 8.25. The Balaban J connectivity index is 0.00000544. The maximum atomic E-state index is 11.9. The number of carbonyl (C=O) groups excluding carboxylic acids is 1. The molecule has 188 valence electrons. The monoisotopic (exact) mass is 575 g/mol. The van der Waals surface area contributed by atoms with E-state index in [0.717, 1.165) is 57.5 Å². The van der Waals surface area contributed by atoms with Crippen LogP contribution in [0.3, 0.4) is 0 Å². The summed E-state index contributed by atoms with van der Waals surface area (Å²) in [6.45, 7) is 15.3. The van der Waals surface area contributed by atoms with Gasteiger partial charge in [0, 0.05) is 45.0 Å². The van der Waals surface area contributed by atoms with Crippen LogP contribution in [0.15, 0.2) is 29.3 Å². The molecule has 8 nitrogen and oxygen atoms in total. The van der Waals surface area contributed by atoms with Gasteiger partial charge in [0.25, 0.3) is 0 Å². The molecule has 3 N–H and O–H groups in total. The van der Waals surface area contributed by atoms with Gasteiger partial charge in [0.1, 0.15) is 5.60 Å². The smallest absolute Gasteiger partial charge is 0.412 e. The number of nitrogens with one attached hydrogen (secondary N) is 3. The van der Waals surface area contributed by atoms with Crippen LogP contribution in [-0.4, -0.2) is 75.0 Å². The molecule has 1 fully saturated rings. The van der Waals surface area contributed by atoms with Gasteiger partial charge < -0.3 is 20.1 Å². The van der Waals surface area contributed by atoms with Gasteiger partial charge in [-0.2, -0.15) is 0 Å². The third-order valence-corrected chi connectivity index (χ3v) is 5.29. The molecule has 0 saturated carbocycles. The number of carbonyl (C=O) groups is 1. The summed E-state index contributed by atoms with van der Waals surface area (Å²) in [4.78, 5) is 18.7. The number of morpholine rings is 1. The lowest BCUT2D eigenvalue weighted by atomic mass is 10.0. The molecule has 0 spiro atoms. The second-order valence-electron chi connectivity index (χ2n) is 9.41. The molecule has 1 atom stereocenters. The van der Waals surface area contributed by atoms with Crippen molar-refractivity contribution in [1.82, 2.24) is 15.5 Å². The zero-order valence-corrected chi connectivity index (χ0v) is 23.3. The zero-order chi connectivity index (χ0) is 23.6. The molecule has 1 aromatic carbocycles. The van der Waals surface area contributed by atoms with Crippen molar-refractivity contribution >= 4 is 41.7 Å². The van der Waals surface area contributed by atoms with E-state index >= 15 is 0 Å². The van der Waals surface area contributed by atoms with Crippen LogP contribution in [-0.2, 0) is 15.9 Å². The molecule has 33 heavy (non-hydrogen) atoms. The van der Waals surface area contributed by atoms with Gasteiger partial charge in [-0.25, -0.2) is 4.79 Å². The maximum absolute atomic E-state index is 11.9. The lowest BCUT2D eigenvalue weighted by Crippen LogP contribution is -2.52. The molecule has 1 aliphatic rings. The second-order valence-corrected chi connectivity index (χ2v) is 9.41. The van der Waals surface area contributed by atoms with Gasteiger partial charge in [0.15, 0.2) is 5.96 Å². The molecule has 2 rings (SSSR count). The zero-order valence-electron chi connectivity index (χ0n) is 20.9. The van der Waals surface area contributed by atoms with Crippen molar-refractivity contribution in [3.05, 3.63) is 29.8 Å². The molecular formula is C24H42IN5O3. The van der Waals surface area contributed by atoms with E-state index in [1.54, 1.807) is 7.05 Å². The number of anilines is 1. The van der Waals surface area contributed by atoms with Crippen molar-refractivity contribution in [3.63, 3.8) is 0 Å². The van der Waals surface area contributed by atoms with Gasteiger partial charge in [-0.1, -0.05) is 26.0 Å². The predicted octanol–water partition coefficient (Wildman–Crippen LogP) is 3.72. The Kier molecular flexibility index (Phi) is 13.0. The number of halogens is 1. The fourth-order valence-electron chi connectivity index (χ4n) is 3.62. The first-order valence-electron chi connectivity index (χ1n) is 11.5. The van der Waals surface area contributed by atoms with E-state index in [-0.39, 0.29) is 24.0 Å². The minimum absolute atomic E-state index is 0. The first kappa shape index (κ1) is 29.4. The first-order valence-corrected chi connectivity index (χ1v) is 11.5. The average Bonchev–Trinajstić information content (AvgIpc) is 2.73. The molecular weight excluding hydrogens is 533 g/mol. The lowest BCUT2D eigenvalue weighted by molar-refractivity contribution is 0.00752. The largest absolute Gasteiger partial charge is 0.444 e. The van der Waals surface area contributed by atoms with Crippen LogP contribution in [0.4, 0.5) is 10.5 Å². The van der Waals surface area contributed by atoms with E-state index in [9.17, 15) is 4.79 Å². The Morgan fingerprint density at radius 3 is 2.33 bits per heavy atom. The summed E-state index contributed by atoms with van der Waals surface area (Å²) in [5.41, 5.74) is 1.38. The summed E-state index contributed by atoms with van der Waals surface area (Å²) in [5.74, 6) is 1.36. The Morgan fingerprint density at radius 2 is 1.79 bits per heavy atom. The molecule has 9 heteroatoms. The highest BCUT2D eigenvalue weighted by molar-refractivity contribution is 14.0. The fourth-order valence-corrected chi connectivity index (χ4v) is 3.62. The number of guanidine groups is 1. The first-order chi connectivity index (χ1) is 15.2. The molecule has 0 aromatic heterocycles. The maximum Gasteiger partial charge on any atom is 0.412 e. The van der Waals surface area contributed by atoms with Gasteiger partial charge in [-0.15, -0.1) is 24.0 Å². The number of nitrogens with zero attached hydrogens (tertiary/aromatic N) is 2. The van der Waals surface area contributed by atoms with Crippen LogP contribution in [0.5, 0.6) is 0 Å². The Hall–Kier alpha value is -1.59. The number of amides is 1. The Labute approximate surface area is 216 Å².